The highest BCUT2D eigenvalue weighted by atomic mass is 16.6. The van der Waals surface area contributed by atoms with Crippen molar-refractivity contribution < 1.29 is 14.8 Å². The number of aromatic carboxylic acids is 1. The van der Waals surface area contributed by atoms with E-state index >= 15 is 0 Å². The van der Waals surface area contributed by atoms with E-state index in [1.54, 1.807) is 0 Å². The number of carbonyl (C=O) groups is 1. The number of non-ortho nitro benzene ring substituents is 1. The molecule has 0 atom stereocenters. The van der Waals surface area contributed by atoms with Gasteiger partial charge in [0.25, 0.3) is 5.69 Å². The normalized spacial score (nSPS) is 10.6. The van der Waals surface area contributed by atoms with E-state index in [-0.39, 0.29) is 22.3 Å². The number of fused-ring (bicyclic) bond motifs is 1. The molecular weight excluding hydrogens is 216 g/mol. The molecule has 0 amide bonds. The van der Waals surface area contributed by atoms with E-state index in [9.17, 15) is 14.9 Å². The zero-order valence-electron chi connectivity index (χ0n) is 8.12. The molecule has 1 aromatic heterocycles. The Kier molecular flexibility index (Phi) is 2.04. The van der Waals surface area contributed by atoms with Crippen LogP contribution in [0.2, 0.25) is 0 Å². The van der Waals surface area contributed by atoms with Gasteiger partial charge in [-0.05, 0) is 6.07 Å². The maximum atomic E-state index is 10.8. The quantitative estimate of drug-likeness (QED) is 0.587. The van der Waals surface area contributed by atoms with E-state index in [1.807, 2.05) is 0 Å². The van der Waals surface area contributed by atoms with Crippen LogP contribution in [-0.2, 0) is 7.05 Å². The van der Waals surface area contributed by atoms with Gasteiger partial charge in [0, 0.05) is 13.1 Å². The third kappa shape index (κ3) is 1.36. The number of carboxylic acid groups (broad SMARTS) is 1. The lowest BCUT2D eigenvalue weighted by Gasteiger charge is -1.97. The second kappa shape index (κ2) is 3.26. The van der Waals surface area contributed by atoms with Gasteiger partial charge in [-0.3, -0.25) is 10.1 Å². The average molecular weight is 222 g/mol. The van der Waals surface area contributed by atoms with Gasteiger partial charge in [0.1, 0.15) is 5.52 Å². The van der Waals surface area contributed by atoms with Crippen LogP contribution in [0.3, 0.4) is 0 Å². The monoisotopic (exact) mass is 222 g/mol. The minimum atomic E-state index is -1.24. The zero-order valence-corrected chi connectivity index (χ0v) is 8.12. The summed E-state index contributed by atoms with van der Waals surface area (Å²) in [5.74, 6) is -1.24. The minimum absolute atomic E-state index is 0.181. The van der Waals surface area contributed by atoms with Crippen LogP contribution in [-0.4, -0.2) is 31.0 Å². The molecule has 8 nitrogen and oxygen atoms in total. The fourth-order valence-corrected chi connectivity index (χ4v) is 1.43. The summed E-state index contributed by atoms with van der Waals surface area (Å²) in [5.41, 5.74) is -0.105. The number of hydrogen-bond donors (Lipinski definition) is 1. The highest BCUT2D eigenvalue weighted by Gasteiger charge is 2.20. The molecule has 1 heterocycles. The van der Waals surface area contributed by atoms with Gasteiger partial charge in [0.05, 0.1) is 10.5 Å². The first-order valence-corrected chi connectivity index (χ1v) is 4.22. The van der Waals surface area contributed by atoms with Crippen LogP contribution in [0, 0.1) is 10.1 Å². The Morgan fingerprint density at radius 3 is 2.81 bits per heavy atom. The molecule has 0 radical (unpaired) electrons. The summed E-state index contributed by atoms with van der Waals surface area (Å²) in [5, 5.41) is 26.8. The Morgan fingerprint density at radius 1 is 1.56 bits per heavy atom. The van der Waals surface area contributed by atoms with Gasteiger partial charge in [0.2, 0.25) is 0 Å². The summed E-state index contributed by atoms with van der Waals surface area (Å²) in [4.78, 5) is 20.9. The fraction of sp³-hybridized carbons (Fsp3) is 0.125. The molecule has 2 rings (SSSR count). The first-order valence-electron chi connectivity index (χ1n) is 4.22. The van der Waals surface area contributed by atoms with Crippen molar-refractivity contribution in [2.24, 2.45) is 7.05 Å². The standard InChI is InChI=1S/C8H6N4O4/c1-11-7-5(9-10-11)2-4(8(13)14)3-6(7)12(15)16/h2-3H,1H3,(H,13,14). The first kappa shape index (κ1) is 10.0. The number of carboxylic acids is 1. The molecule has 16 heavy (non-hydrogen) atoms. The van der Waals surface area contributed by atoms with E-state index < -0.39 is 10.9 Å². The largest absolute Gasteiger partial charge is 0.478 e. The molecule has 0 aliphatic carbocycles. The highest BCUT2D eigenvalue weighted by molar-refractivity contribution is 5.96. The summed E-state index contributed by atoms with van der Waals surface area (Å²) >= 11 is 0. The predicted molar refractivity (Wildman–Crippen MR) is 52.1 cm³/mol. The number of aromatic nitrogens is 3. The van der Waals surface area contributed by atoms with Gasteiger partial charge in [0.15, 0.2) is 5.52 Å². The lowest BCUT2D eigenvalue weighted by atomic mass is 10.1. The lowest BCUT2D eigenvalue weighted by Crippen LogP contribution is -2.00. The molecule has 0 bridgehead atoms. The van der Waals surface area contributed by atoms with E-state index in [0.29, 0.717) is 0 Å². The predicted octanol–water partition coefficient (Wildman–Crippen LogP) is 0.575. The molecule has 0 saturated carbocycles. The lowest BCUT2D eigenvalue weighted by molar-refractivity contribution is -0.383. The zero-order chi connectivity index (χ0) is 11.9. The van der Waals surface area contributed by atoms with Crippen LogP contribution >= 0.6 is 0 Å². The Balaban J connectivity index is 2.86. The molecular formula is C8H6N4O4. The number of nitro groups is 1. The van der Waals surface area contributed by atoms with Crippen LogP contribution in [0.5, 0.6) is 0 Å². The summed E-state index contributed by atoms with van der Waals surface area (Å²) in [7, 11) is 1.50. The summed E-state index contributed by atoms with van der Waals surface area (Å²) in [6.45, 7) is 0. The Labute approximate surface area is 88.2 Å². The average Bonchev–Trinajstić information content (AvgIpc) is 2.59. The van der Waals surface area contributed by atoms with Gasteiger partial charge in [-0.2, -0.15) is 0 Å². The van der Waals surface area contributed by atoms with Gasteiger partial charge >= 0.3 is 5.97 Å². The topological polar surface area (TPSA) is 111 Å². The van der Waals surface area contributed by atoms with Gasteiger partial charge in [-0.15, -0.1) is 5.10 Å². The van der Waals surface area contributed by atoms with Crippen LogP contribution in [0.15, 0.2) is 12.1 Å². The number of nitrogens with zero attached hydrogens (tertiary/aromatic N) is 4. The SMILES string of the molecule is Cn1nnc2cc(C(=O)O)cc([N+](=O)[O-])c21. The second-order valence-electron chi connectivity index (χ2n) is 3.14. The molecule has 1 N–H and O–H groups in total. The Morgan fingerprint density at radius 2 is 2.25 bits per heavy atom. The molecule has 8 heteroatoms. The van der Waals surface area contributed by atoms with Crippen molar-refractivity contribution in [2.75, 3.05) is 0 Å². The molecule has 0 fully saturated rings. The van der Waals surface area contributed by atoms with Crippen molar-refractivity contribution >= 4 is 22.7 Å². The van der Waals surface area contributed by atoms with Crippen molar-refractivity contribution in [3.8, 4) is 0 Å². The number of nitro benzene ring substituents is 1. The minimum Gasteiger partial charge on any atom is -0.478 e. The van der Waals surface area contributed by atoms with Crippen LogP contribution < -0.4 is 0 Å². The van der Waals surface area contributed by atoms with Crippen molar-refractivity contribution in [2.45, 2.75) is 0 Å². The third-order valence-corrected chi connectivity index (χ3v) is 2.12. The summed E-state index contributed by atoms with van der Waals surface area (Å²) < 4.78 is 1.24. The number of benzene rings is 1. The Bertz CT molecular complexity index is 603. The number of rotatable bonds is 2. The molecule has 0 unspecified atom stereocenters. The maximum absolute atomic E-state index is 10.8. The third-order valence-electron chi connectivity index (χ3n) is 2.12. The second-order valence-corrected chi connectivity index (χ2v) is 3.14. The summed E-state index contributed by atoms with van der Waals surface area (Å²) in [6, 6.07) is 2.24. The van der Waals surface area contributed by atoms with E-state index in [1.165, 1.54) is 17.8 Å². The number of hydrogen-bond acceptors (Lipinski definition) is 5. The van der Waals surface area contributed by atoms with Gasteiger partial charge in [-0.1, -0.05) is 5.21 Å². The molecule has 0 spiro atoms. The fourth-order valence-electron chi connectivity index (χ4n) is 1.43. The molecule has 1 aromatic carbocycles. The van der Waals surface area contributed by atoms with Crippen molar-refractivity contribution in [3.63, 3.8) is 0 Å². The first-order chi connectivity index (χ1) is 7.50. The van der Waals surface area contributed by atoms with Gasteiger partial charge < -0.3 is 5.11 Å². The number of aryl methyl sites for hydroxylation is 1. The van der Waals surface area contributed by atoms with Crippen molar-refractivity contribution in [1.29, 1.82) is 0 Å². The van der Waals surface area contributed by atoms with E-state index in [4.69, 9.17) is 5.11 Å². The van der Waals surface area contributed by atoms with Crippen LogP contribution in [0.25, 0.3) is 11.0 Å². The van der Waals surface area contributed by atoms with Crippen LogP contribution in [0.1, 0.15) is 10.4 Å². The molecule has 82 valence electrons. The van der Waals surface area contributed by atoms with Crippen molar-refractivity contribution in [1.82, 2.24) is 15.0 Å². The molecule has 2 aromatic rings. The molecule has 0 aliphatic heterocycles. The smallest absolute Gasteiger partial charge is 0.336 e. The van der Waals surface area contributed by atoms with E-state index in [2.05, 4.69) is 10.3 Å². The Hall–Kier alpha value is -2.51. The molecule has 0 aliphatic rings. The van der Waals surface area contributed by atoms with Crippen LogP contribution in [0.4, 0.5) is 5.69 Å². The van der Waals surface area contributed by atoms with Crippen molar-refractivity contribution in [3.05, 3.63) is 27.8 Å². The highest BCUT2D eigenvalue weighted by Crippen LogP contribution is 2.25. The van der Waals surface area contributed by atoms with Gasteiger partial charge in [-0.25, -0.2) is 9.48 Å². The van der Waals surface area contributed by atoms with E-state index in [0.717, 1.165) is 6.07 Å². The summed E-state index contributed by atoms with van der Waals surface area (Å²) in [6.07, 6.45) is 0. The maximum Gasteiger partial charge on any atom is 0.336 e. The molecule has 0 saturated heterocycles.